The highest BCUT2D eigenvalue weighted by molar-refractivity contribution is 6.42. The molecule has 6 rings (SSSR count). The highest BCUT2D eigenvalue weighted by Crippen LogP contribution is 2.34. The Morgan fingerprint density at radius 1 is 0.848 bits per heavy atom. The zero-order valence-electron chi connectivity index (χ0n) is 18.1. The van der Waals surface area contributed by atoms with E-state index in [1.54, 1.807) is 25.3 Å². The van der Waals surface area contributed by atoms with Gasteiger partial charge in [0.2, 0.25) is 0 Å². The molecular weight excluding hydrogens is 414 g/mol. The number of rotatable bonds is 3. The number of aryl methyl sites for hydroxylation is 1. The van der Waals surface area contributed by atoms with Crippen molar-refractivity contribution >= 4 is 39.5 Å². The third-order valence-corrected chi connectivity index (χ3v) is 6.29. The lowest BCUT2D eigenvalue weighted by Crippen LogP contribution is -1.99. The summed E-state index contributed by atoms with van der Waals surface area (Å²) in [7, 11) is 3.60. The molecule has 5 heteroatoms. The summed E-state index contributed by atoms with van der Waals surface area (Å²) in [4.78, 5) is 26.0. The quantitative estimate of drug-likeness (QED) is 0.256. The van der Waals surface area contributed by atoms with Gasteiger partial charge >= 0.3 is 0 Å². The van der Waals surface area contributed by atoms with Gasteiger partial charge in [-0.05, 0) is 58.8 Å². The number of fused-ring (bicyclic) bond motifs is 3. The molecule has 2 heterocycles. The summed E-state index contributed by atoms with van der Waals surface area (Å²) < 4.78 is 13.3. The first-order valence-corrected chi connectivity index (χ1v) is 10.6. The van der Waals surface area contributed by atoms with Crippen molar-refractivity contribution in [3.8, 4) is 17.0 Å². The first-order chi connectivity index (χ1) is 16.0. The van der Waals surface area contributed by atoms with Crippen LogP contribution in [0.1, 0.15) is 26.5 Å². The Kier molecular flexibility index (Phi) is 4.14. The van der Waals surface area contributed by atoms with E-state index >= 15 is 0 Å². The number of ether oxygens (including phenoxy) is 1. The summed E-state index contributed by atoms with van der Waals surface area (Å²) in [5, 5.41) is 1.88. The average molecular weight is 433 g/mol. The van der Waals surface area contributed by atoms with E-state index in [-0.39, 0.29) is 17.1 Å². The van der Waals surface area contributed by atoms with E-state index in [1.807, 2.05) is 72.3 Å². The SMILES string of the molecule is COc1ccc(-c2cc3oc(C=C4C(=O)c5cc6ccccc6cc5C4=O)cc3n2C)cc1. The van der Waals surface area contributed by atoms with Crippen LogP contribution < -0.4 is 4.74 Å². The Morgan fingerprint density at radius 3 is 2.06 bits per heavy atom. The predicted octanol–water partition coefficient (Wildman–Crippen LogP) is 6.06. The summed E-state index contributed by atoms with van der Waals surface area (Å²) >= 11 is 0. The summed E-state index contributed by atoms with van der Waals surface area (Å²) in [6.45, 7) is 0. The van der Waals surface area contributed by atoms with Gasteiger partial charge in [-0.1, -0.05) is 24.3 Å². The summed E-state index contributed by atoms with van der Waals surface area (Å²) in [5.41, 5.74) is 4.64. The van der Waals surface area contributed by atoms with E-state index in [9.17, 15) is 9.59 Å². The molecule has 33 heavy (non-hydrogen) atoms. The van der Waals surface area contributed by atoms with Crippen molar-refractivity contribution in [3.63, 3.8) is 0 Å². The van der Waals surface area contributed by atoms with Gasteiger partial charge in [0.25, 0.3) is 0 Å². The van der Waals surface area contributed by atoms with Crippen molar-refractivity contribution in [2.45, 2.75) is 0 Å². The van der Waals surface area contributed by atoms with Crippen molar-refractivity contribution in [2.24, 2.45) is 7.05 Å². The van der Waals surface area contributed by atoms with E-state index in [1.165, 1.54) is 0 Å². The number of hydrogen-bond acceptors (Lipinski definition) is 4. The van der Waals surface area contributed by atoms with E-state index in [0.717, 1.165) is 33.3 Å². The molecule has 0 N–H and O–H groups in total. The predicted molar refractivity (Wildman–Crippen MR) is 128 cm³/mol. The minimum Gasteiger partial charge on any atom is -0.497 e. The number of allylic oxidation sites excluding steroid dienone is 1. The molecule has 1 aliphatic rings. The molecule has 3 aromatic carbocycles. The van der Waals surface area contributed by atoms with Crippen LogP contribution in [0.4, 0.5) is 0 Å². The van der Waals surface area contributed by atoms with Gasteiger partial charge in [0.05, 0.1) is 23.9 Å². The van der Waals surface area contributed by atoms with E-state index in [4.69, 9.17) is 9.15 Å². The maximum absolute atomic E-state index is 13.0. The smallest absolute Gasteiger partial charge is 0.197 e. The van der Waals surface area contributed by atoms with Gasteiger partial charge in [0.1, 0.15) is 11.5 Å². The molecule has 0 fully saturated rings. The van der Waals surface area contributed by atoms with E-state index < -0.39 is 0 Å². The molecule has 0 atom stereocenters. The highest BCUT2D eigenvalue weighted by atomic mass is 16.5. The van der Waals surface area contributed by atoms with Crippen molar-refractivity contribution < 1.29 is 18.7 Å². The molecule has 0 bridgehead atoms. The number of methoxy groups -OCH3 is 1. The second-order valence-electron chi connectivity index (χ2n) is 8.18. The number of hydrogen-bond donors (Lipinski definition) is 0. The van der Waals surface area contributed by atoms with Gasteiger partial charge in [0.15, 0.2) is 17.1 Å². The zero-order chi connectivity index (χ0) is 22.7. The fourth-order valence-electron chi connectivity index (χ4n) is 4.52. The minimum atomic E-state index is -0.264. The molecule has 0 saturated heterocycles. The number of furan rings is 1. The number of benzene rings is 3. The zero-order valence-corrected chi connectivity index (χ0v) is 18.1. The highest BCUT2D eigenvalue weighted by Gasteiger charge is 2.33. The number of carbonyl (C=O) groups excluding carboxylic acids is 2. The number of nitrogens with zero attached hydrogens (tertiary/aromatic N) is 1. The van der Waals surface area contributed by atoms with Crippen LogP contribution in [0.3, 0.4) is 0 Å². The number of ketones is 2. The monoisotopic (exact) mass is 433 g/mol. The summed E-state index contributed by atoms with van der Waals surface area (Å²) in [6.07, 6.45) is 1.56. The Morgan fingerprint density at radius 2 is 1.48 bits per heavy atom. The van der Waals surface area contributed by atoms with Gasteiger partial charge in [0, 0.05) is 30.3 Å². The maximum atomic E-state index is 13.0. The Bertz CT molecular complexity index is 1570. The van der Waals surface area contributed by atoms with Crippen LogP contribution >= 0.6 is 0 Å². The van der Waals surface area contributed by atoms with E-state index in [2.05, 4.69) is 0 Å². The van der Waals surface area contributed by atoms with Gasteiger partial charge in [-0.15, -0.1) is 0 Å². The minimum absolute atomic E-state index is 0.134. The average Bonchev–Trinajstić information content (AvgIpc) is 3.45. The number of carbonyl (C=O) groups is 2. The molecule has 2 aromatic heterocycles. The van der Waals surface area contributed by atoms with Crippen molar-refractivity contribution in [1.82, 2.24) is 4.57 Å². The molecule has 1 aliphatic carbocycles. The number of Topliss-reactive ketones (excluding diaryl/α,β-unsaturated/α-hetero) is 2. The molecule has 0 unspecified atom stereocenters. The van der Waals surface area contributed by atoms with E-state index in [0.29, 0.717) is 22.5 Å². The van der Waals surface area contributed by atoms with Crippen LogP contribution in [0.15, 0.2) is 82.8 Å². The lowest BCUT2D eigenvalue weighted by Gasteiger charge is -2.05. The van der Waals surface area contributed by atoms with Crippen molar-refractivity contribution in [3.05, 3.63) is 95.3 Å². The Hall–Kier alpha value is -4.38. The fourth-order valence-corrected chi connectivity index (χ4v) is 4.52. The Balaban J connectivity index is 1.38. The largest absolute Gasteiger partial charge is 0.497 e. The summed E-state index contributed by atoms with van der Waals surface area (Å²) in [5.74, 6) is 0.747. The lowest BCUT2D eigenvalue weighted by atomic mass is 10.0. The molecule has 5 nitrogen and oxygen atoms in total. The topological polar surface area (TPSA) is 61.4 Å². The Labute approximate surface area is 189 Å². The third-order valence-electron chi connectivity index (χ3n) is 6.29. The van der Waals surface area contributed by atoms with Crippen molar-refractivity contribution in [2.75, 3.05) is 7.11 Å². The van der Waals surface area contributed by atoms with Gasteiger partial charge in [-0.25, -0.2) is 0 Å². The van der Waals surface area contributed by atoms with Crippen LogP contribution in [-0.4, -0.2) is 23.2 Å². The normalized spacial score (nSPS) is 13.2. The number of aromatic nitrogens is 1. The first-order valence-electron chi connectivity index (χ1n) is 10.6. The molecule has 0 spiro atoms. The van der Waals surface area contributed by atoms with Crippen molar-refractivity contribution in [1.29, 1.82) is 0 Å². The van der Waals surface area contributed by atoms with Gasteiger partial charge < -0.3 is 13.7 Å². The second-order valence-corrected chi connectivity index (χ2v) is 8.18. The summed E-state index contributed by atoms with van der Waals surface area (Å²) in [6, 6.07) is 22.9. The van der Waals surface area contributed by atoms with Crippen LogP contribution in [0, 0.1) is 0 Å². The molecule has 0 radical (unpaired) electrons. The van der Waals surface area contributed by atoms with Crippen LogP contribution in [0.2, 0.25) is 0 Å². The molecule has 0 saturated carbocycles. The van der Waals surface area contributed by atoms with Gasteiger partial charge in [-0.2, -0.15) is 0 Å². The third kappa shape index (κ3) is 2.93. The lowest BCUT2D eigenvalue weighted by molar-refractivity contribution is 0.0990. The molecular formula is C28H19NO4. The fraction of sp³-hybridized carbons (Fsp3) is 0.0714. The standard InChI is InChI=1S/C28H19NO4/c1-29-24(16-7-9-19(32-2)10-8-16)15-26-25(29)14-20(33-26)13-23-27(30)21-11-17-5-3-4-6-18(17)12-22(21)28(23)31/h3-15H,1-2H3. The van der Waals surface area contributed by atoms with Crippen LogP contribution in [-0.2, 0) is 7.05 Å². The van der Waals surface area contributed by atoms with Crippen LogP contribution in [0.25, 0.3) is 39.2 Å². The second kappa shape index (κ2) is 7.07. The van der Waals surface area contributed by atoms with Crippen LogP contribution in [0.5, 0.6) is 5.75 Å². The molecule has 0 amide bonds. The van der Waals surface area contributed by atoms with Gasteiger partial charge in [-0.3, -0.25) is 9.59 Å². The molecule has 160 valence electrons. The maximum Gasteiger partial charge on any atom is 0.197 e. The molecule has 5 aromatic rings. The first kappa shape index (κ1) is 19.3. The molecule has 0 aliphatic heterocycles.